The van der Waals surface area contributed by atoms with Crippen molar-refractivity contribution in [3.63, 3.8) is 0 Å². The Morgan fingerprint density at radius 1 is 1.25 bits per heavy atom. The highest BCUT2D eigenvalue weighted by molar-refractivity contribution is 5.84. The summed E-state index contributed by atoms with van der Waals surface area (Å²) in [6.07, 6.45) is 8.88. The Labute approximate surface area is 161 Å². The van der Waals surface area contributed by atoms with E-state index in [9.17, 15) is 9.59 Å². The van der Waals surface area contributed by atoms with Gasteiger partial charge in [0.15, 0.2) is 0 Å². The van der Waals surface area contributed by atoms with E-state index in [-0.39, 0.29) is 23.4 Å². The van der Waals surface area contributed by atoms with E-state index in [1.807, 2.05) is 0 Å². The number of nitrogens with zero attached hydrogens (tertiary/aromatic N) is 2. The molecule has 0 atom stereocenters. The van der Waals surface area contributed by atoms with E-state index in [2.05, 4.69) is 15.1 Å². The van der Waals surface area contributed by atoms with Gasteiger partial charge in [0.05, 0.1) is 11.8 Å². The number of aromatic nitrogens is 2. The quantitative estimate of drug-likeness (QED) is 0.732. The Hall–Kier alpha value is -2.48. The second kappa shape index (κ2) is 8.26. The topological polar surface area (TPSA) is 107 Å². The molecule has 0 aliphatic heterocycles. The first kappa shape index (κ1) is 18.9. The van der Waals surface area contributed by atoms with Crippen molar-refractivity contribution in [2.24, 2.45) is 11.1 Å². The zero-order valence-corrected chi connectivity index (χ0v) is 16.0. The highest BCUT2D eigenvalue weighted by atomic mass is 16.6. The smallest absolute Gasteiger partial charge is 0.337 e. The van der Waals surface area contributed by atoms with Crippen molar-refractivity contribution in [1.82, 2.24) is 9.97 Å². The van der Waals surface area contributed by atoms with E-state index in [1.165, 1.54) is 18.9 Å². The molecule has 8 nitrogen and oxygen atoms in total. The third-order valence-electron chi connectivity index (χ3n) is 5.53. The predicted molar refractivity (Wildman–Crippen MR) is 104 cm³/mol. The van der Waals surface area contributed by atoms with Crippen LogP contribution in [0.25, 0.3) is 11.1 Å². The van der Waals surface area contributed by atoms with Crippen LogP contribution in [0.5, 0.6) is 6.01 Å². The van der Waals surface area contributed by atoms with E-state index in [0.717, 1.165) is 50.2 Å². The number of hydrogen-bond acceptors (Lipinski definition) is 7. The zero-order chi connectivity index (χ0) is 19.5. The van der Waals surface area contributed by atoms with Crippen molar-refractivity contribution < 1.29 is 14.0 Å². The zero-order valence-electron chi connectivity index (χ0n) is 16.0. The van der Waals surface area contributed by atoms with Gasteiger partial charge in [-0.25, -0.2) is 4.79 Å². The van der Waals surface area contributed by atoms with Crippen molar-refractivity contribution in [3.8, 4) is 6.01 Å². The van der Waals surface area contributed by atoms with Crippen LogP contribution in [0.4, 0.5) is 0 Å². The molecular weight excluding hydrogens is 362 g/mol. The molecule has 2 aromatic heterocycles. The fraction of sp³-hybridized carbons (Fsp3) is 0.600. The first-order valence-corrected chi connectivity index (χ1v) is 9.95. The van der Waals surface area contributed by atoms with E-state index in [1.54, 1.807) is 7.11 Å². The first-order chi connectivity index (χ1) is 13.6. The fourth-order valence-electron chi connectivity index (χ4n) is 3.72. The Bertz CT molecular complexity index is 979. The summed E-state index contributed by atoms with van der Waals surface area (Å²) in [6.45, 7) is 0. The van der Waals surface area contributed by atoms with Crippen molar-refractivity contribution in [3.05, 3.63) is 32.4 Å². The third-order valence-corrected chi connectivity index (χ3v) is 5.53. The van der Waals surface area contributed by atoms with Crippen LogP contribution in [0.15, 0.2) is 25.2 Å². The second-order valence-electron chi connectivity index (χ2n) is 7.66. The molecule has 0 saturated heterocycles. The lowest BCUT2D eigenvalue weighted by atomic mass is 9.96. The number of hydrogen-bond donors (Lipinski definition) is 1. The minimum absolute atomic E-state index is 0.00374. The number of oxime groups is 1. The lowest BCUT2D eigenvalue weighted by Crippen LogP contribution is -2.21. The van der Waals surface area contributed by atoms with Crippen molar-refractivity contribution in [2.45, 2.75) is 63.9 Å². The van der Waals surface area contributed by atoms with Gasteiger partial charge in [0.25, 0.3) is 5.56 Å². The molecule has 2 aromatic rings. The summed E-state index contributed by atoms with van der Waals surface area (Å²) < 4.78 is 10.5. The van der Waals surface area contributed by atoms with E-state index >= 15 is 0 Å². The number of nitrogens with one attached hydrogen (secondary N) is 1. The number of H-pyrrole nitrogens is 1. The molecule has 0 aromatic carbocycles. The second-order valence-corrected chi connectivity index (χ2v) is 7.66. The molecule has 2 fully saturated rings. The van der Waals surface area contributed by atoms with Crippen LogP contribution < -0.4 is 16.0 Å². The maximum Gasteiger partial charge on any atom is 0.337 e. The third kappa shape index (κ3) is 4.49. The summed E-state index contributed by atoms with van der Waals surface area (Å²) >= 11 is 0. The Morgan fingerprint density at radius 3 is 2.75 bits per heavy atom. The van der Waals surface area contributed by atoms with Gasteiger partial charge in [-0.15, -0.1) is 0 Å². The lowest BCUT2D eigenvalue weighted by molar-refractivity contribution is 0.0856. The summed E-state index contributed by atoms with van der Waals surface area (Å²) in [5.41, 5.74) is 0.675. The fourth-order valence-corrected chi connectivity index (χ4v) is 3.72. The summed E-state index contributed by atoms with van der Waals surface area (Å²) in [4.78, 5) is 36.5. The molecule has 150 valence electrons. The predicted octanol–water partition coefficient (Wildman–Crippen LogP) is 2.93. The minimum Gasteiger partial charge on any atom is -0.403 e. The Kier molecular flexibility index (Phi) is 5.57. The first-order valence-electron chi connectivity index (χ1n) is 9.95. The monoisotopic (exact) mass is 387 g/mol. The van der Waals surface area contributed by atoms with E-state index in [4.69, 9.17) is 14.0 Å². The van der Waals surface area contributed by atoms with E-state index < -0.39 is 5.63 Å². The lowest BCUT2D eigenvalue weighted by Gasteiger charge is -2.20. The van der Waals surface area contributed by atoms with Crippen LogP contribution >= 0.6 is 0 Å². The van der Waals surface area contributed by atoms with Gasteiger partial charge < -0.3 is 14.0 Å². The number of methoxy groups -OCH3 is 1. The molecule has 2 heterocycles. The summed E-state index contributed by atoms with van der Waals surface area (Å²) in [5.74, 6) is 0.806. The molecule has 2 saturated carbocycles. The standard InChI is InChI=1S/C20H25N3O5/c1-26-15-9-7-14(8-10-15)23-28-20-21-18(25)17-13(4-2-3-12-5-6-12)11-16(24)27-19(17)22-20/h11-12,15H,2-10H2,1H3,(H,21,22,25). The normalized spacial score (nSPS) is 19.8. The number of aryl methyl sites for hydroxylation is 1. The largest absolute Gasteiger partial charge is 0.403 e. The molecule has 1 N–H and O–H groups in total. The highest BCUT2D eigenvalue weighted by Gasteiger charge is 2.21. The molecule has 0 spiro atoms. The van der Waals surface area contributed by atoms with Crippen LogP contribution in [-0.4, -0.2) is 28.9 Å². The van der Waals surface area contributed by atoms with Crippen molar-refractivity contribution in [1.29, 1.82) is 0 Å². The molecule has 28 heavy (non-hydrogen) atoms. The summed E-state index contributed by atoms with van der Waals surface area (Å²) in [7, 11) is 1.71. The molecule has 8 heteroatoms. The van der Waals surface area contributed by atoms with Gasteiger partial charge in [-0.1, -0.05) is 24.4 Å². The van der Waals surface area contributed by atoms with Gasteiger partial charge in [-0.3, -0.25) is 9.78 Å². The molecule has 0 unspecified atom stereocenters. The van der Waals surface area contributed by atoms with E-state index in [0.29, 0.717) is 17.4 Å². The molecule has 2 aliphatic rings. The molecule has 0 bridgehead atoms. The van der Waals surface area contributed by atoms with Gasteiger partial charge in [0, 0.05) is 13.2 Å². The average molecular weight is 387 g/mol. The van der Waals surface area contributed by atoms with Crippen LogP contribution in [-0.2, 0) is 11.2 Å². The summed E-state index contributed by atoms with van der Waals surface area (Å²) in [6, 6.07) is 1.32. The van der Waals surface area contributed by atoms with Gasteiger partial charge in [-0.2, -0.15) is 4.98 Å². The number of aromatic amines is 1. The number of fused-ring (bicyclic) bond motifs is 1. The summed E-state index contributed by atoms with van der Waals surface area (Å²) in [5, 5.41) is 4.42. The maximum absolute atomic E-state index is 12.6. The van der Waals surface area contributed by atoms with Crippen LogP contribution in [0.2, 0.25) is 0 Å². The Morgan fingerprint density at radius 2 is 2.04 bits per heavy atom. The maximum atomic E-state index is 12.6. The molecule has 0 radical (unpaired) electrons. The average Bonchev–Trinajstić information content (AvgIpc) is 3.50. The van der Waals surface area contributed by atoms with Crippen LogP contribution in [0, 0.1) is 5.92 Å². The van der Waals surface area contributed by atoms with Crippen LogP contribution in [0.1, 0.15) is 56.9 Å². The van der Waals surface area contributed by atoms with Gasteiger partial charge in [0.1, 0.15) is 5.39 Å². The van der Waals surface area contributed by atoms with Crippen molar-refractivity contribution >= 4 is 16.8 Å². The highest BCUT2D eigenvalue weighted by Crippen LogP contribution is 2.34. The Balaban J connectivity index is 1.52. The number of ether oxygens (including phenoxy) is 1. The minimum atomic E-state index is -0.512. The van der Waals surface area contributed by atoms with Gasteiger partial charge >= 0.3 is 11.6 Å². The van der Waals surface area contributed by atoms with Gasteiger partial charge in [-0.05, 0) is 50.0 Å². The molecule has 4 rings (SSSR count). The molecule has 0 amide bonds. The SMILES string of the molecule is COC1CCC(=NOc2nc3oc(=O)cc(CCCC4CC4)c3c(=O)[nH]2)CC1. The molecular formula is C20H25N3O5. The van der Waals surface area contributed by atoms with Crippen LogP contribution in [0.3, 0.4) is 0 Å². The van der Waals surface area contributed by atoms with Gasteiger partial charge in [0.2, 0.25) is 5.71 Å². The number of rotatable bonds is 7. The molecule has 2 aliphatic carbocycles. The van der Waals surface area contributed by atoms with Crippen molar-refractivity contribution in [2.75, 3.05) is 7.11 Å².